The van der Waals surface area contributed by atoms with Crippen LogP contribution >= 0.6 is 11.3 Å². The number of pyridine rings is 2. The number of furan rings is 1. The van der Waals surface area contributed by atoms with E-state index in [4.69, 9.17) is 19.5 Å². The molecule has 3 aromatic carbocycles. The van der Waals surface area contributed by atoms with E-state index >= 15 is 0 Å². The summed E-state index contributed by atoms with van der Waals surface area (Å²) in [5, 5.41) is 1.99. The Hall–Kier alpha value is -3.37. The Balaban J connectivity index is 0.000000202. The van der Waals surface area contributed by atoms with Gasteiger partial charge in [0.1, 0.15) is 5.58 Å². The van der Waals surface area contributed by atoms with Gasteiger partial charge in [-0.05, 0) is 70.2 Å². The maximum absolute atomic E-state index is 8.25. The van der Waals surface area contributed by atoms with Crippen LogP contribution in [0.1, 0.15) is 58.1 Å². The minimum Gasteiger partial charge on any atom is -0.500 e. The molecule has 0 saturated carbocycles. The van der Waals surface area contributed by atoms with E-state index in [0.717, 1.165) is 32.0 Å². The topological polar surface area (TPSA) is 38.9 Å². The second-order valence-electron chi connectivity index (χ2n) is 10.5. The van der Waals surface area contributed by atoms with Crippen molar-refractivity contribution < 1.29 is 39.6 Å². The number of nitrogens with zero attached hydrogens (tertiary/aromatic N) is 2. The Bertz CT molecular complexity index is 2330. The molecule has 0 amide bonds. The molecule has 41 heavy (non-hydrogen) atoms. The second kappa shape index (κ2) is 11.5. The Morgan fingerprint density at radius 3 is 2.44 bits per heavy atom. The van der Waals surface area contributed by atoms with Gasteiger partial charge in [0.05, 0.1) is 5.58 Å². The van der Waals surface area contributed by atoms with Gasteiger partial charge in [-0.2, -0.15) is 11.3 Å². The number of thiophene rings is 1. The van der Waals surface area contributed by atoms with Crippen LogP contribution in [-0.4, -0.2) is 9.97 Å². The van der Waals surface area contributed by atoms with Crippen molar-refractivity contribution in [3.05, 3.63) is 107 Å². The van der Waals surface area contributed by atoms with Crippen LogP contribution in [0.25, 0.3) is 53.9 Å². The van der Waals surface area contributed by atoms with Gasteiger partial charge in [-0.15, -0.1) is 53.1 Å². The summed E-state index contributed by atoms with van der Waals surface area (Å²) >= 11 is 1.56. The van der Waals surface area contributed by atoms with Gasteiger partial charge in [0.2, 0.25) is 0 Å². The number of aromatic nitrogens is 2. The van der Waals surface area contributed by atoms with Crippen molar-refractivity contribution in [1.82, 2.24) is 9.97 Å². The van der Waals surface area contributed by atoms with Gasteiger partial charge in [0.15, 0.2) is 0 Å². The molecule has 0 fully saturated rings. The third-order valence-electron chi connectivity index (χ3n) is 6.25. The van der Waals surface area contributed by atoms with Crippen LogP contribution < -0.4 is 0 Å². The molecule has 7 aromatic rings. The van der Waals surface area contributed by atoms with Gasteiger partial charge < -0.3 is 14.4 Å². The summed E-state index contributed by atoms with van der Waals surface area (Å²) < 4.78 is 92.6. The molecule has 0 saturated heterocycles. The van der Waals surface area contributed by atoms with Crippen LogP contribution in [0.2, 0.25) is 0 Å². The molecule has 0 N–H and O–H groups in total. The van der Waals surface area contributed by atoms with Crippen molar-refractivity contribution >= 4 is 42.7 Å². The standard InChI is InChI=1S/C19H12NOS.C17H20N.Ir/c1-10-8-13(20-9-11(10)2)12-6-7-15-18-17-14(21-15)4-3-5-16(17)22-19(12)18;1-13-5-8-15(9-6-13)16-10-7-14(12-18-16)11-17(2,3)4;/h3-5,7-9H,1-2H3;5-8,10,12H,11H2,1-4H3;/q2*-1;/i1D3,2D3;1D3,11D2;. The Morgan fingerprint density at radius 1 is 0.878 bits per heavy atom. The van der Waals surface area contributed by atoms with E-state index in [-0.39, 0.29) is 36.8 Å². The molecule has 4 aromatic heterocycles. The molecule has 0 aliphatic rings. The van der Waals surface area contributed by atoms with Crippen LogP contribution in [0.15, 0.2) is 77.5 Å². The quantitative estimate of drug-likeness (QED) is 0.169. The van der Waals surface area contributed by atoms with Gasteiger partial charge >= 0.3 is 0 Å². The van der Waals surface area contributed by atoms with Crippen molar-refractivity contribution in [3.8, 4) is 22.5 Å². The summed E-state index contributed by atoms with van der Waals surface area (Å²) in [4.78, 5) is 8.59. The molecular weight excluding hydrogens is 701 g/mol. The Kier molecular flexibility index (Phi) is 5.11. The molecule has 7 rings (SSSR count). The normalized spacial score (nSPS) is 16.8. The molecule has 1 radical (unpaired) electrons. The summed E-state index contributed by atoms with van der Waals surface area (Å²) in [6, 6.07) is 23.1. The molecule has 0 spiro atoms. The fourth-order valence-electron chi connectivity index (χ4n) is 4.51. The third kappa shape index (κ3) is 5.99. The zero-order valence-corrected chi connectivity index (χ0v) is 25.7. The molecule has 0 unspecified atom stereocenters. The predicted octanol–water partition coefficient (Wildman–Crippen LogP) is 10.2. The average molecular weight is 744 g/mol. The van der Waals surface area contributed by atoms with E-state index in [0.29, 0.717) is 33.7 Å². The average Bonchev–Trinajstić information content (AvgIpc) is 3.63. The van der Waals surface area contributed by atoms with E-state index < -0.39 is 32.3 Å². The fourth-order valence-corrected chi connectivity index (χ4v) is 5.76. The van der Waals surface area contributed by atoms with Gasteiger partial charge in [0, 0.05) is 57.7 Å². The first kappa shape index (κ1) is 18.2. The van der Waals surface area contributed by atoms with Gasteiger partial charge in [-0.1, -0.05) is 57.5 Å². The second-order valence-corrected chi connectivity index (χ2v) is 11.5. The number of aryl methyl sites for hydroxylation is 3. The maximum Gasteiger partial charge on any atom is 0.122 e. The smallest absolute Gasteiger partial charge is 0.122 e. The molecule has 0 atom stereocenters. The van der Waals surface area contributed by atoms with Crippen LogP contribution in [-0.2, 0) is 26.5 Å². The third-order valence-corrected chi connectivity index (χ3v) is 7.42. The van der Waals surface area contributed by atoms with Crippen LogP contribution in [0.4, 0.5) is 0 Å². The zero-order valence-electron chi connectivity index (χ0n) is 33.5. The molecule has 0 aliphatic carbocycles. The van der Waals surface area contributed by atoms with Crippen molar-refractivity contribution in [2.75, 3.05) is 0 Å². The largest absolute Gasteiger partial charge is 0.500 e. The van der Waals surface area contributed by atoms with Gasteiger partial charge in [-0.25, -0.2) is 0 Å². The van der Waals surface area contributed by atoms with E-state index in [1.54, 1.807) is 41.7 Å². The predicted molar refractivity (Wildman–Crippen MR) is 168 cm³/mol. The molecule has 0 bridgehead atoms. The minimum atomic E-state index is -2.56. The van der Waals surface area contributed by atoms with Crippen molar-refractivity contribution in [2.45, 2.75) is 47.7 Å². The van der Waals surface area contributed by atoms with Crippen molar-refractivity contribution in [1.29, 1.82) is 0 Å². The number of benzene rings is 3. The SMILES string of the molecule is [2H]C([2H])([2H])c1c[c-]c(-c2ccc(C([2H])([2H])C(C)(C)C)cn2)cc1.[2H]C([2H])([2H])c1cnc(-c2[c-]cc3oc4cccc5sc2c3c45)cc1C([2H])([2H])[2H].[Ir]. The van der Waals surface area contributed by atoms with E-state index in [2.05, 4.69) is 22.1 Å². The molecule has 3 nitrogen and oxygen atoms in total. The first-order valence-corrected chi connectivity index (χ1v) is 13.5. The molecule has 4 heterocycles. The molecule has 209 valence electrons. The number of rotatable bonds is 3. The number of hydrogen-bond donors (Lipinski definition) is 0. The Morgan fingerprint density at radius 2 is 1.73 bits per heavy atom. The first-order valence-electron chi connectivity index (χ1n) is 18.2. The molecular formula is C36H32IrN2OS-2. The summed E-state index contributed by atoms with van der Waals surface area (Å²) in [6.45, 7) is -1.71. The van der Waals surface area contributed by atoms with Crippen molar-refractivity contribution in [2.24, 2.45) is 5.41 Å². The summed E-state index contributed by atoms with van der Waals surface area (Å²) in [5.74, 6) is 0. The van der Waals surface area contributed by atoms with E-state index in [9.17, 15) is 0 Å². The molecule has 5 heteroatoms. The Labute approximate surface area is 274 Å². The van der Waals surface area contributed by atoms with Gasteiger partial charge in [-0.3, -0.25) is 0 Å². The van der Waals surface area contributed by atoms with Crippen LogP contribution in [0.5, 0.6) is 0 Å². The molecule has 0 aliphatic heterocycles. The van der Waals surface area contributed by atoms with Gasteiger partial charge in [0.25, 0.3) is 0 Å². The first-order chi connectivity index (χ1) is 23.6. The maximum atomic E-state index is 8.25. The summed E-state index contributed by atoms with van der Waals surface area (Å²) in [7, 11) is 0. The van der Waals surface area contributed by atoms with Crippen molar-refractivity contribution in [3.63, 3.8) is 0 Å². The number of hydrogen-bond acceptors (Lipinski definition) is 4. The monoisotopic (exact) mass is 744 g/mol. The summed E-state index contributed by atoms with van der Waals surface area (Å²) in [5.41, 5.74) is 3.59. The van der Waals surface area contributed by atoms with E-state index in [1.165, 1.54) is 18.3 Å². The van der Waals surface area contributed by atoms with Crippen LogP contribution in [0.3, 0.4) is 0 Å². The zero-order chi connectivity index (χ0) is 37.3. The fraction of sp³-hybridized carbons (Fsp3) is 0.222. The summed E-state index contributed by atoms with van der Waals surface area (Å²) in [6.07, 6.45) is 1.19. The van der Waals surface area contributed by atoms with E-state index in [1.807, 2.05) is 39.0 Å². The van der Waals surface area contributed by atoms with Crippen LogP contribution in [0, 0.1) is 38.1 Å². The minimum absolute atomic E-state index is 0.